The Balaban J connectivity index is 1.98. The fourth-order valence-corrected chi connectivity index (χ4v) is 4.10. The maximum Gasteiger partial charge on any atom is 0.290 e. The van der Waals surface area contributed by atoms with Crippen molar-refractivity contribution < 1.29 is 24.5 Å². The molecule has 0 unspecified atom stereocenters. The molecule has 0 saturated heterocycles. The van der Waals surface area contributed by atoms with E-state index in [0.717, 1.165) is 4.47 Å². The average Bonchev–Trinajstić information content (AvgIpc) is 3.27. The second kappa shape index (κ2) is 8.79. The van der Waals surface area contributed by atoms with Crippen LogP contribution in [0.4, 0.5) is 0 Å². The molecule has 0 fully saturated rings. The lowest BCUT2D eigenvalue weighted by atomic mass is 9.95. The van der Waals surface area contributed by atoms with Gasteiger partial charge in [0.05, 0.1) is 36.3 Å². The molecule has 0 aliphatic carbocycles. The SMILES string of the molecule is O=C(C1=C(O)C(=O)N(CCOCCO)[C@H]1c1cccc(Br)c1)c1cccs1. The summed E-state index contributed by atoms with van der Waals surface area (Å²) in [6.45, 7) is 0.407. The predicted octanol–water partition coefficient (Wildman–Crippen LogP) is 3.10. The molecule has 6 nitrogen and oxygen atoms in total. The van der Waals surface area contributed by atoms with Crippen LogP contribution in [0.2, 0.25) is 0 Å². The molecule has 0 saturated carbocycles. The second-order valence-corrected chi connectivity index (χ2v) is 7.72. The van der Waals surface area contributed by atoms with E-state index >= 15 is 0 Å². The Hall–Kier alpha value is -2.00. The molecule has 2 heterocycles. The van der Waals surface area contributed by atoms with Crippen LogP contribution in [0, 0.1) is 0 Å². The second-order valence-electron chi connectivity index (χ2n) is 5.86. The summed E-state index contributed by atoms with van der Waals surface area (Å²) < 4.78 is 6.07. The number of aliphatic hydroxyl groups excluding tert-OH is 2. The number of amides is 1. The van der Waals surface area contributed by atoms with Crippen molar-refractivity contribution in [2.24, 2.45) is 0 Å². The first-order valence-corrected chi connectivity index (χ1v) is 9.98. The van der Waals surface area contributed by atoms with E-state index in [1.807, 2.05) is 24.3 Å². The van der Waals surface area contributed by atoms with Crippen LogP contribution in [-0.4, -0.2) is 53.2 Å². The van der Waals surface area contributed by atoms with Crippen LogP contribution in [0.5, 0.6) is 0 Å². The highest BCUT2D eigenvalue weighted by Gasteiger charge is 2.43. The molecule has 1 aromatic heterocycles. The molecule has 1 aliphatic heterocycles. The summed E-state index contributed by atoms with van der Waals surface area (Å²) >= 11 is 4.67. The third-order valence-electron chi connectivity index (χ3n) is 4.17. The lowest BCUT2D eigenvalue weighted by Crippen LogP contribution is -2.34. The fourth-order valence-electron chi connectivity index (χ4n) is 3.01. The normalized spacial score (nSPS) is 17.0. The number of thiophene rings is 1. The molecule has 142 valence electrons. The van der Waals surface area contributed by atoms with Crippen LogP contribution < -0.4 is 0 Å². The summed E-state index contributed by atoms with van der Waals surface area (Å²) in [5, 5.41) is 21.1. The van der Waals surface area contributed by atoms with Crippen LogP contribution in [0.1, 0.15) is 21.3 Å². The predicted molar refractivity (Wildman–Crippen MR) is 105 cm³/mol. The number of aliphatic hydroxyl groups is 2. The van der Waals surface area contributed by atoms with E-state index < -0.39 is 17.7 Å². The number of carbonyl (C=O) groups is 2. The van der Waals surface area contributed by atoms with Crippen LogP contribution in [0.25, 0.3) is 0 Å². The minimum absolute atomic E-state index is 0.0720. The minimum Gasteiger partial charge on any atom is -0.503 e. The zero-order valence-electron chi connectivity index (χ0n) is 14.3. The van der Waals surface area contributed by atoms with Gasteiger partial charge in [-0.1, -0.05) is 34.1 Å². The van der Waals surface area contributed by atoms with E-state index in [-0.39, 0.29) is 37.7 Å². The zero-order valence-corrected chi connectivity index (χ0v) is 16.7. The Morgan fingerprint density at radius 1 is 1.26 bits per heavy atom. The van der Waals surface area contributed by atoms with Gasteiger partial charge in [-0.05, 0) is 29.1 Å². The van der Waals surface area contributed by atoms with Gasteiger partial charge in [-0.15, -0.1) is 11.3 Å². The van der Waals surface area contributed by atoms with Gasteiger partial charge in [0.1, 0.15) is 0 Å². The van der Waals surface area contributed by atoms with E-state index in [9.17, 15) is 14.7 Å². The van der Waals surface area contributed by atoms with Crippen molar-refractivity contribution in [2.45, 2.75) is 6.04 Å². The number of benzene rings is 1. The molecular formula is C19H18BrNO5S. The summed E-state index contributed by atoms with van der Waals surface area (Å²) in [6, 6.07) is 10.0. The lowest BCUT2D eigenvalue weighted by Gasteiger charge is -2.26. The fraction of sp³-hybridized carbons (Fsp3) is 0.263. The van der Waals surface area contributed by atoms with Crippen molar-refractivity contribution in [1.82, 2.24) is 4.90 Å². The minimum atomic E-state index is -0.706. The monoisotopic (exact) mass is 451 g/mol. The van der Waals surface area contributed by atoms with Crippen molar-refractivity contribution in [2.75, 3.05) is 26.4 Å². The third-order valence-corrected chi connectivity index (χ3v) is 5.53. The molecule has 2 aromatic rings. The Morgan fingerprint density at radius 2 is 2.07 bits per heavy atom. The van der Waals surface area contributed by atoms with Gasteiger partial charge in [-0.3, -0.25) is 9.59 Å². The molecule has 0 radical (unpaired) electrons. The smallest absolute Gasteiger partial charge is 0.290 e. The maximum absolute atomic E-state index is 13.0. The van der Waals surface area contributed by atoms with Gasteiger partial charge >= 0.3 is 0 Å². The molecule has 1 atom stereocenters. The van der Waals surface area contributed by atoms with Crippen molar-refractivity contribution in [1.29, 1.82) is 0 Å². The van der Waals surface area contributed by atoms with Crippen LogP contribution in [0.15, 0.2) is 57.6 Å². The van der Waals surface area contributed by atoms with Crippen molar-refractivity contribution in [3.63, 3.8) is 0 Å². The van der Waals surface area contributed by atoms with E-state index in [1.165, 1.54) is 16.2 Å². The molecule has 27 heavy (non-hydrogen) atoms. The Morgan fingerprint density at radius 3 is 2.74 bits per heavy atom. The van der Waals surface area contributed by atoms with Gasteiger partial charge < -0.3 is 19.8 Å². The molecule has 0 spiro atoms. The molecule has 8 heteroatoms. The topological polar surface area (TPSA) is 87.1 Å². The Bertz CT molecular complexity index is 865. The number of ketones is 1. The van der Waals surface area contributed by atoms with Gasteiger partial charge in [0.25, 0.3) is 5.91 Å². The Kier molecular flexibility index (Phi) is 6.43. The molecule has 2 N–H and O–H groups in total. The average molecular weight is 452 g/mol. The molecule has 3 rings (SSSR count). The van der Waals surface area contributed by atoms with E-state index in [2.05, 4.69) is 15.9 Å². The first kappa shape index (κ1) is 19.8. The van der Waals surface area contributed by atoms with E-state index in [1.54, 1.807) is 17.5 Å². The van der Waals surface area contributed by atoms with Gasteiger partial charge in [-0.25, -0.2) is 0 Å². The van der Waals surface area contributed by atoms with Crippen molar-refractivity contribution in [3.05, 3.63) is 68.0 Å². The number of Topliss-reactive ketones (excluding diaryl/α,β-unsaturated/α-hetero) is 1. The number of ether oxygens (including phenoxy) is 1. The Labute approximate surface area is 168 Å². The maximum atomic E-state index is 13.0. The number of hydrogen-bond acceptors (Lipinski definition) is 6. The summed E-state index contributed by atoms with van der Waals surface area (Å²) in [4.78, 5) is 27.6. The van der Waals surface area contributed by atoms with Crippen LogP contribution >= 0.6 is 27.3 Å². The first-order valence-electron chi connectivity index (χ1n) is 8.31. The number of halogens is 1. The lowest BCUT2D eigenvalue weighted by molar-refractivity contribution is -0.130. The first-order chi connectivity index (χ1) is 13.0. The highest BCUT2D eigenvalue weighted by atomic mass is 79.9. The van der Waals surface area contributed by atoms with Crippen LogP contribution in [-0.2, 0) is 9.53 Å². The molecule has 1 amide bonds. The number of nitrogens with zero attached hydrogens (tertiary/aromatic N) is 1. The molecular weight excluding hydrogens is 434 g/mol. The molecule has 1 aromatic carbocycles. The van der Waals surface area contributed by atoms with Crippen molar-refractivity contribution in [3.8, 4) is 0 Å². The quantitative estimate of drug-likeness (QED) is 0.475. The summed E-state index contributed by atoms with van der Waals surface area (Å²) in [7, 11) is 0. The molecule has 1 aliphatic rings. The third kappa shape index (κ3) is 4.14. The molecule has 0 bridgehead atoms. The van der Waals surface area contributed by atoms with Gasteiger partial charge in [0.2, 0.25) is 5.78 Å². The van der Waals surface area contributed by atoms with E-state index in [0.29, 0.717) is 10.4 Å². The number of carbonyl (C=O) groups excluding carboxylic acids is 2. The van der Waals surface area contributed by atoms with Crippen molar-refractivity contribution >= 4 is 39.0 Å². The highest BCUT2D eigenvalue weighted by molar-refractivity contribution is 9.10. The number of rotatable bonds is 8. The largest absolute Gasteiger partial charge is 0.503 e. The van der Waals surface area contributed by atoms with E-state index in [4.69, 9.17) is 9.84 Å². The van der Waals surface area contributed by atoms with Gasteiger partial charge in [-0.2, -0.15) is 0 Å². The number of hydrogen-bond donors (Lipinski definition) is 2. The van der Waals surface area contributed by atoms with Crippen LogP contribution in [0.3, 0.4) is 0 Å². The van der Waals surface area contributed by atoms with Gasteiger partial charge in [0, 0.05) is 11.0 Å². The summed E-state index contributed by atoms with van der Waals surface area (Å²) in [5.41, 5.74) is 0.784. The summed E-state index contributed by atoms with van der Waals surface area (Å²) in [5.74, 6) is -1.49. The van der Waals surface area contributed by atoms with Gasteiger partial charge in [0.15, 0.2) is 5.76 Å². The standard InChI is InChI=1S/C19H18BrNO5S/c20-13-4-1-3-12(11-13)16-15(17(23)14-5-2-10-27-14)18(24)19(25)21(16)6-8-26-9-7-22/h1-5,10-11,16,22,24H,6-9H2/t16-/m0/s1. The summed E-state index contributed by atoms with van der Waals surface area (Å²) in [6.07, 6.45) is 0. The highest BCUT2D eigenvalue weighted by Crippen LogP contribution is 2.39. The zero-order chi connectivity index (χ0) is 19.4.